The van der Waals surface area contributed by atoms with Gasteiger partial charge in [-0.05, 0) is 63.5 Å². The molecule has 0 saturated heterocycles. The van der Waals surface area contributed by atoms with E-state index < -0.39 is 0 Å². The fourth-order valence-electron chi connectivity index (χ4n) is 5.70. The molecule has 2 atom stereocenters. The van der Waals surface area contributed by atoms with Gasteiger partial charge in [0.25, 0.3) is 0 Å². The predicted molar refractivity (Wildman–Crippen MR) is 94.2 cm³/mol. The van der Waals surface area contributed by atoms with E-state index in [4.69, 9.17) is 0 Å². The van der Waals surface area contributed by atoms with Crippen LogP contribution in [-0.2, 0) is 11.8 Å². The molecule has 0 heteroatoms. The molecule has 0 heterocycles. The summed E-state index contributed by atoms with van der Waals surface area (Å²) in [5, 5.41) is 0. The summed E-state index contributed by atoms with van der Waals surface area (Å²) < 4.78 is 0. The minimum absolute atomic E-state index is 0.305. The molecule has 1 saturated carbocycles. The van der Waals surface area contributed by atoms with E-state index in [1.165, 1.54) is 44.1 Å². The highest BCUT2D eigenvalue weighted by atomic mass is 14.5. The second kappa shape index (κ2) is 4.60. The SMILES string of the molecule is C/C=C1/CCC2=C3CCc4cc(C)ccc4[C@]3(C)CC[C@@]21C. The van der Waals surface area contributed by atoms with E-state index in [1.54, 1.807) is 27.8 Å². The lowest BCUT2D eigenvalue weighted by Crippen LogP contribution is -2.38. The van der Waals surface area contributed by atoms with E-state index in [-0.39, 0.29) is 0 Å². The summed E-state index contributed by atoms with van der Waals surface area (Å²) >= 11 is 0. The molecule has 1 aromatic carbocycles. The third-order valence-corrected chi connectivity index (χ3v) is 7.02. The zero-order valence-electron chi connectivity index (χ0n) is 14.6. The van der Waals surface area contributed by atoms with Crippen LogP contribution in [0.15, 0.2) is 41.0 Å². The largest absolute Gasteiger partial charge is 0.0876 e. The van der Waals surface area contributed by atoms with Crippen molar-refractivity contribution in [3.63, 3.8) is 0 Å². The molecule has 0 unspecified atom stereocenters. The third kappa shape index (κ3) is 1.70. The van der Waals surface area contributed by atoms with Crippen LogP contribution in [0.4, 0.5) is 0 Å². The van der Waals surface area contributed by atoms with E-state index in [0.717, 1.165) is 0 Å². The average Bonchev–Trinajstić information content (AvgIpc) is 2.83. The number of hydrogen-bond acceptors (Lipinski definition) is 0. The highest BCUT2D eigenvalue weighted by molar-refractivity contribution is 5.53. The van der Waals surface area contributed by atoms with Gasteiger partial charge >= 0.3 is 0 Å². The van der Waals surface area contributed by atoms with Gasteiger partial charge in [0, 0.05) is 10.8 Å². The Labute approximate surface area is 135 Å². The first-order chi connectivity index (χ1) is 10.5. The number of fused-ring (bicyclic) bond motifs is 4. The Morgan fingerprint density at radius 1 is 0.909 bits per heavy atom. The second-order valence-electron chi connectivity index (χ2n) is 8.10. The highest BCUT2D eigenvalue weighted by Crippen LogP contribution is 2.61. The molecule has 0 bridgehead atoms. The van der Waals surface area contributed by atoms with Crippen LogP contribution in [0.25, 0.3) is 0 Å². The predicted octanol–water partition coefficient (Wildman–Crippen LogP) is 6.04. The molecular weight excluding hydrogens is 264 g/mol. The maximum atomic E-state index is 2.52. The van der Waals surface area contributed by atoms with Crippen molar-refractivity contribution >= 4 is 0 Å². The van der Waals surface area contributed by atoms with E-state index in [2.05, 4.69) is 52.0 Å². The van der Waals surface area contributed by atoms with Crippen molar-refractivity contribution in [3.05, 3.63) is 57.7 Å². The number of aryl methyl sites for hydroxylation is 2. The van der Waals surface area contributed by atoms with Crippen molar-refractivity contribution in [3.8, 4) is 0 Å². The lowest BCUT2D eigenvalue weighted by atomic mass is 9.56. The van der Waals surface area contributed by atoms with Crippen LogP contribution in [0.5, 0.6) is 0 Å². The zero-order valence-corrected chi connectivity index (χ0v) is 14.6. The Kier molecular flexibility index (Phi) is 2.99. The van der Waals surface area contributed by atoms with Crippen LogP contribution in [0, 0.1) is 12.3 Å². The summed E-state index contributed by atoms with van der Waals surface area (Å²) in [5.41, 5.74) is 10.6. The fraction of sp³-hybridized carbons (Fsp3) is 0.545. The Hall–Kier alpha value is -1.30. The standard InChI is InChI=1S/C22H28/c1-5-17-8-11-19-20-10-7-16-14-15(2)6-9-18(16)22(20,4)13-12-21(17,19)3/h5-6,9,14H,7-8,10-13H2,1-4H3/b17-5-/t21-,22+/m1/s1. The molecule has 0 aliphatic heterocycles. The Morgan fingerprint density at radius 2 is 1.59 bits per heavy atom. The van der Waals surface area contributed by atoms with Crippen LogP contribution in [0.1, 0.15) is 69.6 Å². The van der Waals surface area contributed by atoms with Crippen molar-refractivity contribution in [2.24, 2.45) is 5.41 Å². The summed E-state index contributed by atoms with van der Waals surface area (Å²) in [5.74, 6) is 0. The molecule has 1 aromatic rings. The van der Waals surface area contributed by atoms with Crippen molar-refractivity contribution in [2.45, 2.75) is 71.6 Å². The molecule has 3 aliphatic rings. The average molecular weight is 292 g/mol. The Bertz CT molecular complexity index is 703. The molecular formula is C22H28. The molecule has 3 aliphatic carbocycles. The maximum absolute atomic E-state index is 2.52. The van der Waals surface area contributed by atoms with Crippen LogP contribution in [0.2, 0.25) is 0 Å². The van der Waals surface area contributed by atoms with Crippen LogP contribution in [-0.4, -0.2) is 0 Å². The van der Waals surface area contributed by atoms with Gasteiger partial charge in [0.1, 0.15) is 0 Å². The second-order valence-corrected chi connectivity index (χ2v) is 8.10. The van der Waals surface area contributed by atoms with Crippen LogP contribution in [0.3, 0.4) is 0 Å². The molecule has 0 nitrogen and oxygen atoms in total. The molecule has 0 amide bonds. The van der Waals surface area contributed by atoms with E-state index >= 15 is 0 Å². The highest BCUT2D eigenvalue weighted by Gasteiger charge is 2.49. The van der Waals surface area contributed by atoms with Crippen LogP contribution < -0.4 is 0 Å². The molecule has 22 heavy (non-hydrogen) atoms. The van der Waals surface area contributed by atoms with Gasteiger partial charge in [-0.15, -0.1) is 0 Å². The van der Waals surface area contributed by atoms with Gasteiger partial charge in [-0.1, -0.05) is 60.4 Å². The van der Waals surface area contributed by atoms with Crippen molar-refractivity contribution in [1.82, 2.24) is 0 Å². The smallest absolute Gasteiger partial charge is 0.0140 e. The number of benzene rings is 1. The zero-order chi connectivity index (χ0) is 15.5. The van der Waals surface area contributed by atoms with E-state index in [9.17, 15) is 0 Å². The van der Waals surface area contributed by atoms with Crippen molar-refractivity contribution in [2.75, 3.05) is 0 Å². The minimum Gasteiger partial charge on any atom is -0.0876 e. The molecule has 0 aromatic heterocycles. The summed E-state index contributed by atoms with van der Waals surface area (Å²) in [7, 11) is 0. The molecule has 0 N–H and O–H groups in total. The number of rotatable bonds is 0. The van der Waals surface area contributed by atoms with Gasteiger partial charge in [0.15, 0.2) is 0 Å². The first kappa shape index (κ1) is 14.3. The lowest BCUT2D eigenvalue weighted by molar-refractivity contribution is 0.317. The van der Waals surface area contributed by atoms with Gasteiger partial charge in [-0.3, -0.25) is 0 Å². The third-order valence-electron chi connectivity index (χ3n) is 7.02. The van der Waals surface area contributed by atoms with Crippen molar-refractivity contribution in [1.29, 1.82) is 0 Å². The molecule has 0 spiro atoms. The monoisotopic (exact) mass is 292 g/mol. The van der Waals surface area contributed by atoms with E-state index in [0.29, 0.717) is 10.8 Å². The van der Waals surface area contributed by atoms with Gasteiger partial charge in [0.05, 0.1) is 0 Å². The van der Waals surface area contributed by atoms with E-state index in [1.807, 2.05) is 0 Å². The molecule has 4 rings (SSSR count). The first-order valence-electron chi connectivity index (χ1n) is 8.98. The molecule has 1 fully saturated rings. The summed E-state index contributed by atoms with van der Waals surface area (Å²) in [6.45, 7) is 9.50. The van der Waals surface area contributed by atoms with Crippen molar-refractivity contribution < 1.29 is 0 Å². The number of allylic oxidation sites excluding steroid dienone is 4. The quantitative estimate of drug-likeness (QED) is 0.512. The Morgan fingerprint density at radius 3 is 2.36 bits per heavy atom. The maximum Gasteiger partial charge on any atom is 0.0140 e. The first-order valence-corrected chi connectivity index (χ1v) is 8.98. The molecule has 0 radical (unpaired) electrons. The summed E-state index contributed by atoms with van der Waals surface area (Å²) in [4.78, 5) is 0. The van der Waals surface area contributed by atoms with Gasteiger partial charge in [-0.2, -0.15) is 0 Å². The molecule has 116 valence electrons. The summed E-state index contributed by atoms with van der Waals surface area (Å²) in [6, 6.07) is 7.18. The topological polar surface area (TPSA) is 0 Å². The Balaban J connectivity index is 1.91. The lowest BCUT2D eigenvalue weighted by Gasteiger charge is -2.48. The fourth-order valence-corrected chi connectivity index (χ4v) is 5.70. The summed E-state index contributed by atoms with van der Waals surface area (Å²) in [6.07, 6.45) is 10.2. The van der Waals surface area contributed by atoms with Gasteiger partial charge < -0.3 is 0 Å². The normalized spacial score (nSPS) is 35.4. The van der Waals surface area contributed by atoms with Gasteiger partial charge in [-0.25, -0.2) is 0 Å². The van der Waals surface area contributed by atoms with Crippen LogP contribution >= 0.6 is 0 Å². The minimum atomic E-state index is 0.305. The van der Waals surface area contributed by atoms with Gasteiger partial charge in [0.2, 0.25) is 0 Å². The number of hydrogen-bond donors (Lipinski definition) is 0.